The first kappa shape index (κ1) is 18.7. The maximum Gasteiger partial charge on any atom is 0.290 e. The lowest BCUT2D eigenvalue weighted by molar-refractivity contribution is -0.119. The van der Waals surface area contributed by atoms with Gasteiger partial charge in [-0.05, 0) is 37.1 Å². The predicted octanol–water partition coefficient (Wildman–Crippen LogP) is 2.19. The number of rotatable bonds is 7. The molecule has 0 unspecified atom stereocenters. The van der Waals surface area contributed by atoms with Gasteiger partial charge in [0, 0.05) is 18.3 Å². The van der Waals surface area contributed by atoms with Crippen molar-refractivity contribution in [1.29, 1.82) is 0 Å². The minimum atomic E-state index is -0.524. The van der Waals surface area contributed by atoms with Crippen molar-refractivity contribution in [2.45, 2.75) is 25.4 Å². The molecule has 0 bridgehead atoms. The summed E-state index contributed by atoms with van der Waals surface area (Å²) in [7, 11) is 0. The molecule has 9 heteroatoms. The first-order chi connectivity index (χ1) is 14.2. The van der Waals surface area contributed by atoms with Gasteiger partial charge < -0.3 is 19.4 Å². The van der Waals surface area contributed by atoms with Crippen LogP contribution in [0.4, 0.5) is 5.69 Å². The van der Waals surface area contributed by atoms with Gasteiger partial charge in [0.2, 0.25) is 5.91 Å². The average molecular weight is 395 g/mol. The molecule has 1 aromatic carbocycles. The third-order valence-corrected chi connectivity index (χ3v) is 4.71. The van der Waals surface area contributed by atoms with E-state index in [1.807, 2.05) is 6.07 Å². The highest BCUT2D eigenvalue weighted by molar-refractivity contribution is 6.00. The first-order valence-electron chi connectivity index (χ1n) is 9.41. The van der Waals surface area contributed by atoms with E-state index in [1.165, 1.54) is 12.6 Å². The second-order valence-electron chi connectivity index (χ2n) is 6.66. The summed E-state index contributed by atoms with van der Waals surface area (Å²) in [5.74, 6) is 0.394. The Balaban J connectivity index is 1.35. The highest BCUT2D eigenvalue weighted by Gasteiger charge is 2.35. The number of likely N-dealkylation sites (tertiary alicyclic amines) is 1. The Labute approximate surface area is 167 Å². The molecule has 1 fully saturated rings. The van der Waals surface area contributed by atoms with Gasteiger partial charge in [0.25, 0.3) is 5.91 Å². The molecular weight excluding hydrogens is 374 g/mol. The second kappa shape index (κ2) is 8.59. The molecule has 3 aromatic rings. The van der Waals surface area contributed by atoms with Gasteiger partial charge >= 0.3 is 0 Å². The molecular formula is C20H21N5O4. The minimum absolute atomic E-state index is 0.220. The molecule has 3 heterocycles. The first-order valence-corrected chi connectivity index (χ1v) is 9.41. The number of carbonyl (C=O) groups is 2. The Morgan fingerprint density at radius 2 is 2.21 bits per heavy atom. The fraction of sp³-hybridized carbons (Fsp3) is 0.300. The van der Waals surface area contributed by atoms with Crippen LogP contribution >= 0.6 is 0 Å². The van der Waals surface area contributed by atoms with Crippen LogP contribution in [0, 0.1) is 0 Å². The molecule has 1 N–H and O–H groups in total. The van der Waals surface area contributed by atoms with Crippen molar-refractivity contribution in [1.82, 2.24) is 19.7 Å². The van der Waals surface area contributed by atoms with Gasteiger partial charge in [0.1, 0.15) is 31.1 Å². The van der Waals surface area contributed by atoms with Crippen molar-refractivity contribution in [3.63, 3.8) is 0 Å². The van der Waals surface area contributed by atoms with Crippen molar-refractivity contribution in [2.75, 3.05) is 18.5 Å². The van der Waals surface area contributed by atoms with Crippen molar-refractivity contribution in [2.24, 2.45) is 0 Å². The largest absolute Gasteiger partial charge is 0.492 e. The van der Waals surface area contributed by atoms with Gasteiger partial charge in [0.05, 0.1) is 12.8 Å². The Hall–Kier alpha value is -3.62. The van der Waals surface area contributed by atoms with Gasteiger partial charge in [-0.2, -0.15) is 5.10 Å². The summed E-state index contributed by atoms with van der Waals surface area (Å²) in [6, 6.07) is 9.91. The van der Waals surface area contributed by atoms with Crippen LogP contribution in [0.3, 0.4) is 0 Å². The van der Waals surface area contributed by atoms with Crippen molar-refractivity contribution < 1.29 is 18.7 Å². The maximum absolute atomic E-state index is 12.8. The molecule has 0 saturated carbocycles. The number of hydrogen-bond acceptors (Lipinski definition) is 6. The summed E-state index contributed by atoms with van der Waals surface area (Å²) in [6.45, 7) is 1.53. The SMILES string of the molecule is O=C(Nc1cccc(OCCn2cncn2)c1)[C@@H]1CCCN1C(=O)c1ccco1. The molecule has 1 atom stereocenters. The Morgan fingerprint density at radius 3 is 3.00 bits per heavy atom. The second-order valence-corrected chi connectivity index (χ2v) is 6.66. The lowest BCUT2D eigenvalue weighted by Crippen LogP contribution is -2.43. The Bertz CT molecular complexity index is 955. The number of nitrogens with one attached hydrogen (secondary N) is 1. The summed E-state index contributed by atoms with van der Waals surface area (Å²) in [5.41, 5.74) is 0.616. The van der Waals surface area contributed by atoms with Crippen molar-refractivity contribution >= 4 is 17.5 Å². The standard InChI is InChI=1S/C20H21N5O4/c26-19(17-6-2-8-25(17)20(27)18-7-3-10-29-18)23-15-4-1-5-16(12-15)28-11-9-24-14-21-13-22-24/h1,3-5,7,10,12-14,17H,2,6,8-9,11H2,(H,23,26)/t17-/m0/s1. The quantitative estimate of drug-likeness (QED) is 0.658. The van der Waals surface area contributed by atoms with Crippen molar-refractivity contribution in [3.05, 3.63) is 61.1 Å². The summed E-state index contributed by atoms with van der Waals surface area (Å²) in [5, 5.41) is 6.91. The number of anilines is 1. The smallest absolute Gasteiger partial charge is 0.290 e. The highest BCUT2D eigenvalue weighted by atomic mass is 16.5. The maximum atomic E-state index is 12.8. The fourth-order valence-electron chi connectivity index (χ4n) is 3.32. The number of hydrogen-bond donors (Lipinski definition) is 1. The zero-order chi connectivity index (χ0) is 20.1. The van der Waals surface area contributed by atoms with Crippen LogP contribution < -0.4 is 10.1 Å². The molecule has 0 radical (unpaired) electrons. The topological polar surface area (TPSA) is 102 Å². The van der Waals surface area contributed by atoms with Crippen LogP contribution in [0.1, 0.15) is 23.4 Å². The number of ether oxygens (including phenoxy) is 1. The van der Waals surface area contributed by atoms with Gasteiger partial charge in [-0.15, -0.1) is 0 Å². The summed E-state index contributed by atoms with van der Waals surface area (Å²) < 4.78 is 12.6. The van der Waals surface area contributed by atoms with E-state index in [1.54, 1.807) is 46.2 Å². The lowest BCUT2D eigenvalue weighted by atomic mass is 10.2. The summed E-state index contributed by atoms with van der Waals surface area (Å²) in [6.07, 6.45) is 5.94. The van der Waals surface area contributed by atoms with Crippen LogP contribution in [0.2, 0.25) is 0 Å². The Morgan fingerprint density at radius 1 is 1.28 bits per heavy atom. The van der Waals surface area contributed by atoms with E-state index in [4.69, 9.17) is 9.15 Å². The highest BCUT2D eigenvalue weighted by Crippen LogP contribution is 2.23. The third kappa shape index (κ3) is 4.45. The third-order valence-electron chi connectivity index (χ3n) is 4.71. The molecule has 4 rings (SSSR count). The van der Waals surface area contributed by atoms with E-state index in [2.05, 4.69) is 15.4 Å². The summed E-state index contributed by atoms with van der Waals surface area (Å²) in [4.78, 5) is 30.8. The van der Waals surface area contributed by atoms with E-state index in [0.717, 1.165) is 6.42 Å². The normalized spacial score (nSPS) is 16.0. The van der Waals surface area contributed by atoms with Gasteiger partial charge in [-0.25, -0.2) is 9.67 Å². The fourth-order valence-corrected chi connectivity index (χ4v) is 3.32. The van der Waals surface area contributed by atoms with Crippen LogP contribution in [0.15, 0.2) is 59.7 Å². The Kier molecular flexibility index (Phi) is 5.55. The molecule has 9 nitrogen and oxygen atoms in total. The number of carbonyl (C=O) groups excluding carboxylic acids is 2. The van der Waals surface area contributed by atoms with E-state index in [9.17, 15) is 9.59 Å². The van der Waals surface area contributed by atoms with Crippen LogP contribution in [-0.4, -0.2) is 50.7 Å². The lowest BCUT2D eigenvalue weighted by Gasteiger charge is -2.23. The summed E-state index contributed by atoms with van der Waals surface area (Å²) >= 11 is 0. The zero-order valence-electron chi connectivity index (χ0n) is 15.7. The molecule has 1 aliphatic heterocycles. The molecule has 150 valence electrons. The number of amides is 2. The van der Waals surface area contributed by atoms with E-state index < -0.39 is 6.04 Å². The molecule has 1 saturated heterocycles. The average Bonchev–Trinajstić information content (AvgIpc) is 3.50. The molecule has 1 aliphatic rings. The van der Waals surface area contributed by atoms with Crippen molar-refractivity contribution in [3.8, 4) is 5.75 Å². The van der Waals surface area contributed by atoms with Gasteiger partial charge in [0.15, 0.2) is 5.76 Å². The van der Waals surface area contributed by atoms with Crippen LogP contribution in [-0.2, 0) is 11.3 Å². The molecule has 0 spiro atoms. The van der Waals surface area contributed by atoms with Gasteiger partial charge in [-0.3, -0.25) is 9.59 Å². The predicted molar refractivity (Wildman–Crippen MR) is 103 cm³/mol. The number of furan rings is 1. The number of benzene rings is 1. The van der Waals surface area contributed by atoms with E-state index in [0.29, 0.717) is 37.6 Å². The monoisotopic (exact) mass is 395 g/mol. The van der Waals surface area contributed by atoms with E-state index in [-0.39, 0.29) is 17.6 Å². The van der Waals surface area contributed by atoms with Crippen LogP contribution in [0.5, 0.6) is 5.75 Å². The minimum Gasteiger partial charge on any atom is -0.492 e. The molecule has 2 amide bonds. The molecule has 29 heavy (non-hydrogen) atoms. The van der Waals surface area contributed by atoms with Gasteiger partial charge in [-0.1, -0.05) is 6.07 Å². The zero-order valence-corrected chi connectivity index (χ0v) is 15.7. The molecule has 0 aliphatic carbocycles. The van der Waals surface area contributed by atoms with E-state index >= 15 is 0 Å². The molecule has 2 aromatic heterocycles. The number of aromatic nitrogens is 3. The number of nitrogens with zero attached hydrogens (tertiary/aromatic N) is 4. The van der Waals surface area contributed by atoms with Crippen LogP contribution in [0.25, 0.3) is 0 Å².